The quantitative estimate of drug-likeness (QED) is 0.836. The summed E-state index contributed by atoms with van der Waals surface area (Å²) in [5.41, 5.74) is 6.75. The van der Waals surface area contributed by atoms with Crippen LogP contribution in [0.4, 0.5) is 18.9 Å². The molecular weight excluding hydrogens is 255 g/mol. The van der Waals surface area contributed by atoms with Crippen molar-refractivity contribution < 1.29 is 17.9 Å². The van der Waals surface area contributed by atoms with Crippen LogP contribution in [0.2, 0.25) is 0 Å². The lowest BCUT2D eigenvalue weighted by molar-refractivity contribution is -0.137. The van der Waals surface area contributed by atoms with Crippen molar-refractivity contribution in [3.05, 3.63) is 48.0 Å². The van der Waals surface area contributed by atoms with Gasteiger partial charge in [0.25, 0.3) is 0 Å². The van der Waals surface area contributed by atoms with Crippen molar-refractivity contribution in [1.29, 1.82) is 0 Å². The van der Waals surface area contributed by atoms with Crippen LogP contribution >= 0.6 is 0 Å². The van der Waals surface area contributed by atoms with Crippen LogP contribution in [0.1, 0.15) is 5.56 Å². The number of hydrogen-bond acceptors (Lipinski definition) is 2. The predicted octanol–water partition coefficient (Wildman–Crippen LogP) is 3.96. The van der Waals surface area contributed by atoms with Crippen LogP contribution in [0.5, 0.6) is 5.75 Å². The number of alkyl halides is 3. The van der Waals surface area contributed by atoms with Gasteiger partial charge in [-0.15, -0.1) is 0 Å². The van der Waals surface area contributed by atoms with Gasteiger partial charge >= 0.3 is 6.18 Å². The molecule has 0 bridgehead atoms. The van der Waals surface area contributed by atoms with E-state index in [9.17, 15) is 13.2 Å². The van der Waals surface area contributed by atoms with Gasteiger partial charge in [-0.05, 0) is 29.8 Å². The molecule has 2 N–H and O–H groups in total. The molecule has 0 heterocycles. The Morgan fingerprint density at radius 2 is 1.79 bits per heavy atom. The summed E-state index contributed by atoms with van der Waals surface area (Å²) >= 11 is 0. The molecule has 0 atom stereocenters. The van der Waals surface area contributed by atoms with Gasteiger partial charge in [-0.25, -0.2) is 0 Å². The average molecular weight is 267 g/mol. The lowest BCUT2D eigenvalue weighted by Crippen LogP contribution is -2.05. The third-order valence-electron chi connectivity index (χ3n) is 2.73. The standard InChI is InChI=1S/C14H12F3NO/c1-19-13-8-10(14(15,16)17)5-6-12(13)9-3-2-4-11(18)7-9/h2-8H,18H2,1H3. The molecule has 19 heavy (non-hydrogen) atoms. The van der Waals surface area contributed by atoms with Crippen molar-refractivity contribution in [2.24, 2.45) is 0 Å². The zero-order valence-corrected chi connectivity index (χ0v) is 10.2. The maximum Gasteiger partial charge on any atom is 0.416 e. The van der Waals surface area contributed by atoms with E-state index >= 15 is 0 Å². The van der Waals surface area contributed by atoms with E-state index < -0.39 is 11.7 Å². The minimum absolute atomic E-state index is 0.167. The molecule has 0 saturated heterocycles. The Balaban J connectivity index is 2.53. The number of methoxy groups -OCH3 is 1. The summed E-state index contributed by atoms with van der Waals surface area (Å²) in [5.74, 6) is 0.167. The van der Waals surface area contributed by atoms with Gasteiger partial charge < -0.3 is 10.5 Å². The first-order valence-corrected chi connectivity index (χ1v) is 5.53. The van der Waals surface area contributed by atoms with Crippen LogP contribution in [-0.4, -0.2) is 7.11 Å². The van der Waals surface area contributed by atoms with E-state index in [0.29, 0.717) is 16.8 Å². The number of hydrogen-bond donors (Lipinski definition) is 1. The average Bonchev–Trinajstić information content (AvgIpc) is 2.37. The second kappa shape index (κ2) is 4.84. The van der Waals surface area contributed by atoms with Gasteiger partial charge in [0.2, 0.25) is 0 Å². The lowest BCUT2D eigenvalue weighted by atomic mass is 10.0. The Morgan fingerprint density at radius 1 is 1.05 bits per heavy atom. The molecule has 5 heteroatoms. The van der Waals surface area contributed by atoms with Crippen molar-refractivity contribution in [2.75, 3.05) is 12.8 Å². The summed E-state index contributed by atoms with van der Waals surface area (Å²) in [5, 5.41) is 0. The third-order valence-corrected chi connectivity index (χ3v) is 2.73. The first-order valence-electron chi connectivity index (χ1n) is 5.53. The zero-order chi connectivity index (χ0) is 14.0. The van der Waals surface area contributed by atoms with Gasteiger partial charge in [-0.3, -0.25) is 0 Å². The fraction of sp³-hybridized carbons (Fsp3) is 0.143. The van der Waals surface area contributed by atoms with Gasteiger partial charge in [0.1, 0.15) is 5.75 Å². The summed E-state index contributed by atoms with van der Waals surface area (Å²) in [6.45, 7) is 0. The van der Waals surface area contributed by atoms with E-state index in [0.717, 1.165) is 12.1 Å². The molecule has 2 rings (SSSR count). The fourth-order valence-electron chi connectivity index (χ4n) is 1.81. The molecule has 2 aromatic rings. The molecule has 0 aromatic heterocycles. The smallest absolute Gasteiger partial charge is 0.416 e. The Hall–Kier alpha value is -2.17. The molecule has 2 aromatic carbocycles. The summed E-state index contributed by atoms with van der Waals surface area (Å²) < 4.78 is 42.9. The van der Waals surface area contributed by atoms with Crippen LogP contribution < -0.4 is 10.5 Å². The summed E-state index contributed by atoms with van der Waals surface area (Å²) in [7, 11) is 1.34. The van der Waals surface area contributed by atoms with Gasteiger partial charge in [0.15, 0.2) is 0 Å². The minimum Gasteiger partial charge on any atom is -0.496 e. The highest BCUT2D eigenvalue weighted by molar-refractivity contribution is 5.73. The molecule has 0 radical (unpaired) electrons. The van der Waals surface area contributed by atoms with Crippen molar-refractivity contribution in [3.63, 3.8) is 0 Å². The van der Waals surface area contributed by atoms with Gasteiger partial charge in [0.05, 0.1) is 12.7 Å². The van der Waals surface area contributed by atoms with Crippen molar-refractivity contribution in [2.45, 2.75) is 6.18 Å². The van der Waals surface area contributed by atoms with Crippen molar-refractivity contribution in [3.8, 4) is 16.9 Å². The summed E-state index contributed by atoms with van der Waals surface area (Å²) in [6, 6.07) is 10.3. The Kier molecular flexibility index (Phi) is 3.38. The van der Waals surface area contributed by atoms with Crippen LogP contribution in [0, 0.1) is 0 Å². The molecule has 0 saturated carbocycles. The number of benzene rings is 2. The summed E-state index contributed by atoms with van der Waals surface area (Å²) in [6.07, 6.45) is -4.39. The first kappa shape index (κ1) is 13.3. The first-order chi connectivity index (χ1) is 8.91. The predicted molar refractivity (Wildman–Crippen MR) is 67.8 cm³/mol. The number of anilines is 1. The monoisotopic (exact) mass is 267 g/mol. The number of nitrogen functional groups attached to an aromatic ring is 1. The van der Waals surface area contributed by atoms with E-state index in [4.69, 9.17) is 10.5 Å². The zero-order valence-electron chi connectivity index (χ0n) is 10.2. The Labute approximate surface area is 108 Å². The highest BCUT2D eigenvalue weighted by Crippen LogP contribution is 2.37. The molecule has 0 fully saturated rings. The number of nitrogens with two attached hydrogens (primary N) is 1. The molecule has 0 aliphatic carbocycles. The van der Waals surface area contributed by atoms with Gasteiger partial charge in [0, 0.05) is 11.3 Å². The van der Waals surface area contributed by atoms with Crippen molar-refractivity contribution >= 4 is 5.69 Å². The highest BCUT2D eigenvalue weighted by atomic mass is 19.4. The number of halogens is 3. The van der Waals surface area contributed by atoms with Crippen LogP contribution in [-0.2, 0) is 6.18 Å². The lowest BCUT2D eigenvalue weighted by Gasteiger charge is -2.13. The molecule has 0 aliphatic rings. The molecule has 0 aliphatic heterocycles. The Bertz CT molecular complexity index is 593. The third kappa shape index (κ3) is 2.81. The maximum absolute atomic E-state index is 12.6. The number of ether oxygens (including phenoxy) is 1. The SMILES string of the molecule is COc1cc(C(F)(F)F)ccc1-c1cccc(N)c1. The second-order valence-corrected chi connectivity index (χ2v) is 4.04. The molecule has 0 amide bonds. The van der Waals surface area contributed by atoms with Crippen LogP contribution in [0.3, 0.4) is 0 Å². The maximum atomic E-state index is 12.6. The molecule has 0 spiro atoms. The van der Waals surface area contributed by atoms with E-state index in [1.165, 1.54) is 13.2 Å². The topological polar surface area (TPSA) is 35.2 Å². The molecule has 0 unspecified atom stereocenters. The summed E-state index contributed by atoms with van der Waals surface area (Å²) in [4.78, 5) is 0. The Morgan fingerprint density at radius 3 is 2.37 bits per heavy atom. The molecule has 2 nitrogen and oxygen atoms in total. The minimum atomic E-state index is -4.39. The van der Waals surface area contributed by atoms with Crippen LogP contribution in [0.15, 0.2) is 42.5 Å². The van der Waals surface area contributed by atoms with Crippen molar-refractivity contribution in [1.82, 2.24) is 0 Å². The van der Waals surface area contributed by atoms with E-state index in [1.807, 2.05) is 0 Å². The van der Waals surface area contributed by atoms with E-state index in [2.05, 4.69) is 0 Å². The normalized spacial score (nSPS) is 11.4. The fourth-order valence-corrected chi connectivity index (χ4v) is 1.81. The largest absolute Gasteiger partial charge is 0.496 e. The van der Waals surface area contributed by atoms with E-state index in [1.54, 1.807) is 24.3 Å². The molecule has 100 valence electrons. The highest BCUT2D eigenvalue weighted by Gasteiger charge is 2.31. The molecular formula is C14H12F3NO. The van der Waals surface area contributed by atoms with Crippen LogP contribution in [0.25, 0.3) is 11.1 Å². The van der Waals surface area contributed by atoms with E-state index in [-0.39, 0.29) is 5.75 Å². The van der Waals surface area contributed by atoms with Gasteiger partial charge in [-0.1, -0.05) is 18.2 Å². The second-order valence-electron chi connectivity index (χ2n) is 4.04. The number of rotatable bonds is 2. The van der Waals surface area contributed by atoms with Gasteiger partial charge in [-0.2, -0.15) is 13.2 Å².